The fraction of sp³-hybridized carbons (Fsp3) is 0.261. The molecule has 0 aliphatic heterocycles. The lowest BCUT2D eigenvalue weighted by molar-refractivity contribution is 0.159. The third-order valence-electron chi connectivity index (χ3n) is 4.71. The highest BCUT2D eigenvalue weighted by Gasteiger charge is 2.22. The molecule has 0 spiro atoms. The van der Waals surface area contributed by atoms with Gasteiger partial charge in [0.2, 0.25) is 0 Å². The van der Waals surface area contributed by atoms with Crippen LogP contribution in [-0.4, -0.2) is 27.8 Å². The maximum atomic E-state index is 5.06. The summed E-state index contributed by atoms with van der Waals surface area (Å²) in [6.45, 7) is 13.8. The first-order valence-corrected chi connectivity index (χ1v) is 9.19. The quantitative estimate of drug-likeness (QED) is 0.496. The van der Waals surface area contributed by atoms with Crippen molar-refractivity contribution < 1.29 is 0 Å². The van der Waals surface area contributed by atoms with Crippen LogP contribution in [0.1, 0.15) is 25.1 Å². The van der Waals surface area contributed by atoms with Gasteiger partial charge in [-0.3, -0.25) is 4.90 Å². The van der Waals surface area contributed by atoms with Crippen LogP contribution in [-0.2, 0) is 0 Å². The molecular formula is C23H27N3. The van der Waals surface area contributed by atoms with Crippen molar-refractivity contribution in [3.05, 3.63) is 79.4 Å². The van der Waals surface area contributed by atoms with E-state index in [1.165, 1.54) is 16.5 Å². The maximum absolute atomic E-state index is 5.06. The third kappa shape index (κ3) is 3.49. The molecule has 3 heteroatoms. The lowest BCUT2D eigenvalue weighted by Crippen LogP contribution is -2.33. The molecule has 0 N–H and O–H groups in total. The van der Waals surface area contributed by atoms with Crippen molar-refractivity contribution in [3.8, 4) is 11.3 Å². The van der Waals surface area contributed by atoms with Crippen LogP contribution in [0, 0.1) is 6.92 Å². The van der Waals surface area contributed by atoms with Crippen LogP contribution in [0.5, 0.6) is 0 Å². The van der Waals surface area contributed by atoms with Gasteiger partial charge < -0.3 is 0 Å². The van der Waals surface area contributed by atoms with Crippen molar-refractivity contribution >= 4 is 10.9 Å². The molecule has 1 unspecified atom stereocenters. The molecule has 1 aromatic heterocycles. The first-order chi connectivity index (χ1) is 12.7. The van der Waals surface area contributed by atoms with E-state index >= 15 is 0 Å². The predicted molar refractivity (Wildman–Crippen MR) is 111 cm³/mol. The Hall–Kier alpha value is -2.65. The summed E-state index contributed by atoms with van der Waals surface area (Å²) in [7, 11) is 0. The Morgan fingerprint density at radius 3 is 2.38 bits per heavy atom. The molecule has 1 atom stereocenters. The fourth-order valence-corrected chi connectivity index (χ4v) is 3.53. The smallest absolute Gasteiger partial charge is 0.105 e. The van der Waals surface area contributed by atoms with E-state index in [2.05, 4.69) is 79.1 Å². The van der Waals surface area contributed by atoms with Crippen LogP contribution in [0.25, 0.3) is 22.2 Å². The normalized spacial score (nSPS) is 12.4. The highest BCUT2D eigenvalue weighted by atomic mass is 15.4. The van der Waals surface area contributed by atoms with Gasteiger partial charge in [-0.1, -0.05) is 61.0 Å². The molecule has 0 saturated carbocycles. The van der Waals surface area contributed by atoms with Gasteiger partial charge >= 0.3 is 0 Å². The zero-order valence-corrected chi connectivity index (χ0v) is 15.7. The fourth-order valence-electron chi connectivity index (χ4n) is 3.53. The van der Waals surface area contributed by atoms with Gasteiger partial charge in [-0.15, -0.1) is 13.2 Å². The van der Waals surface area contributed by atoms with Gasteiger partial charge in [-0.2, -0.15) is 5.10 Å². The Labute approximate surface area is 156 Å². The predicted octanol–water partition coefficient (Wildman–Crippen LogP) is 5.59. The second-order valence-electron chi connectivity index (χ2n) is 6.60. The van der Waals surface area contributed by atoms with E-state index in [9.17, 15) is 0 Å². The van der Waals surface area contributed by atoms with Crippen molar-refractivity contribution in [2.45, 2.75) is 26.4 Å². The third-order valence-corrected chi connectivity index (χ3v) is 4.71. The first-order valence-electron chi connectivity index (χ1n) is 9.19. The SMILES string of the molecule is C=CCN(CC=C)C(CC)n1nc(-c2ccccc2)c2cc(C)ccc21. The van der Waals surface area contributed by atoms with Crippen molar-refractivity contribution in [2.75, 3.05) is 13.1 Å². The molecule has 2 aromatic carbocycles. The number of hydrogen-bond acceptors (Lipinski definition) is 2. The standard InChI is InChI=1S/C23H27N3/c1-5-15-25(16-6-2)22(7-3)26-21-14-13-18(4)17-20(21)23(24-26)19-11-9-8-10-12-19/h5-6,8-14,17,22H,1-2,7,15-16H2,3-4H3. The van der Waals surface area contributed by atoms with Crippen molar-refractivity contribution in [2.24, 2.45) is 0 Å². The summed E-state index contributed by atoms with van der Waals surface area (Å²) in [6.07, 6.45) is 5.01. The molecule has 134 valence electrons. The number of hydrogen-bond donors (Lipinski definition) is 0. The molecule has 26 heavy (non-hydrogen) atoms. The molecular weight excluding hydrogens is 318 g/mol. The minimum absolute atomic E-state index is 0.161. The van der Waals surface area contributed by atoms with Crippen LogP contribution in [0.4, 0.5) is 0 Å². The Balaban J connectivity index is 2.19. The summed E-state index contributed by atoms with van der Waals surface area (Å²) < 4.78 is 2.17. The average Bonchev–Trinajstić information content (AvgIpc) is 3.02. The number of rotatable bonds is 8. The minimum Gasteiger partial charge on any atom is -0.274 e. The number of benzene rings is 2. The van der Waals surface area contributed by atoms with E-state index in [0.717, 1.165) is 30.8 Å². The van der Waals surface area contributed by atoms with E-state index in [0.29, 0.717) is 0 Å². The number of nitrogens with zero attached hydrogens (tertiary/aromatic N) is 3. The Morgan fingerprint density at radius 1 is 1.08 bits per heavy atom. The first kappa shape index (κ1) is 18.2. The number of aromatic nitrogens is 2. The molecule has 0 fully saturated rings. The second-order valence-corrected chi connectivity index (χ2v) is 6.60. The zero-order valence-electron chi connectivity index (χ0n) is 15.7. The summed E-state index contributed by atoms with van der Waals surface area (Å²) in [4.78, 5) is 2.35. The average molecular weight is 345 g/mol. The molecule has 0 radical (unpaired) electrons. The summed E-state index contributed by atoms with van der Waals surface area (Å²) in [6, 6.07) is 17.0. The van der Waals surface area contributed by atoms with Gasteiger partial charge in [0, 0.05) is 24.0 Å². The van der Waals surface area contributed by atoms with Crippen LogP contribution in [0.3, 0.4) is 0 Å². The minimum atomic E-state index is 0.161. The highest BCUT2D eigenvalue weighted by molar-refractivity contribution is 5.93. The van der Waals surface area contributed by atoms with Gasteiger partial charge in [-0.25, -0.2) is 4.68 Å². The van der Waals surface area contributed by atoms with Crippen molar-refractivity contribution in [1.29, 1.82) is 0 Å². The van der Waals surface area contributed by atoms with E-state index in [1.807, 2.05) is 18.2 Å². The van der Waals surface area contributed by atoms with Crippen LogP contribution in [0.15, 0.2) is 73.8 Å². The van der Waals surface area contributed by atoms with Crippen molar-refractivity contribution in [1.82, 2.24) is 14.7 Å². The van der Waals surface area contributed by atoms with Gasteiger partial charge in [0.25, 0.3) is 0 Å². The maximum Gasteiger partial charge on any atom is 0.105 e. The van der Waals surface area contributed by atoms with Gasteiger partial charge in [0.1, 0.15) is 11.9 Å². The van der Waals surface area contributed by atoms with Crippen molar-refractivity contribution in [3.63, 3.8) is 0 Å². The van der Waals surface area contributed by atoms with E-state index < -0.39 is 0 Å². The molecule has 0 amide bonds. The highest BCUT2D eigenvalue weighted by Crippen LogP contribution is 2.32. The molecule has 0 aliphatic carbocycles. The van der Waals surface area contributed by atoms with E-state index in [-0.39, 0.29) is 6.17 Å². The zero-order chi connectivity index (χ0) is 18.5. The van der Waals surface area contributed by atoms with Crippen LogP contribution in [0.2, 0.25) is 0 Å². The lowest BCUT2D eigenvalue weighted by Gasteiger charge is -2.29. The summed E-state index contributed by atoms with van der Waals surface area (Å²) in [5.41, 5.74) is 4.60. The largest absolute Gasteiger partial charge is 0.274 e. The van der Waals surface area contributed by atoms with E-state index in [4.69, 9.17) is 5.10 Å². The molecule has 1 heterocycles. The molecule has 3 aromatic rings. The Morgan fingerprint density at radius 2 is 1.77 bits per heavy atom. The molecule has 0 saturated heterocycles. The van der Waals surface area contributed by atoms with E-state index in [1.54, 1.807) is 0 Å². The lowest BCUT2D eigenvalue weighted by atomic mass is 10.1. The molecule has 0 aliphatic rings. The number of aryl methyl sites for hydroxylation is 1. The van der Waals surface area contributed by atoms with Gasteiger partial charge in [-0.05, 0) is 25.5 Å². The van der Waals surface area contributed by atoms with Crippen LogP contribution < -0.4 is 0 Å². The molecule has 0 bridgehead atoms. The van der Waals surface area contributed by atoms with Gasteiger partial charge in [0.15, 0.2) is 0 Å². The van der Waals surface area contributed by atoms with Gasteiger partial charge in [0.05, 0.1) is 5.52 Å². The summed E-state index contributed by atoms with van der Waals surface area (Å²) in [5, 5.41) is 6.26. The second kappa shape index (κ2) is 8.15. The Kier molecular flexibility index (Phi) is 5.69. The number of fused-ring (bicyclic) bond motifs is 1. The summed E-state index contributed by atoms with van der Waals surface area (Å²) in [5.74, 6) is 0. The summed E-state index contributed by atoms with van der Waals surface area (Å²) >= 11 is 0. The van der Waals surface area contributed by atoms with Crippen LogP contribution >= 0.6 is 0 Å². The molecule has 3 rings (SSSR count). The monoisotopic (exact) mass is 345 g/mol. The molecule has 3 nitrogen and oxygen atoms in total. The topological polar surface area (TPSA) is 21.1 Å². The Bertz CT molecular complexity index is 882.